The van der Waals surface area contributed by atoms with E-state index < -0.39 is 5.92 Å². The Morgan fingerprint density at radius 1 is 0.848 bits per heavy atom. The molecule has 0 saturated heterocycles. The van der Waals surface area contributed by atoms with Crippen molar-refractivity contribution < 1.29 is 4.79 Å². The lowest BCUT2D eigenvalue weighted by atomic mass is 9.90. The van der Waals surface area contributed by atoms with Crippen LogP contribution in [0.3, 0.4) is 0 Å². The highest BCUT2D eigenvalue weighted by Gasteiger charge is 2.25. The molecule has 0 bridgehead atoms. The Morgan fingerprint density at radius 2 is 1.48 bits per heavy atom. The van der Waals surface area contributed by atoms with Crippen LogP contribution in [0.1, 0.15) is 22.6 Å². The monoisotopic (exact) mass is 429 g/mol. The number of fused-ring (bicyclic) bond motifs is 1. The van der Waals surface area contributed by atoms with E-state index in [9.17, 15) is 10.1 Å². The van der Waals surface area contributed by atoms with Crippen molar-refractivity contribution in [1.29, 1.82) is 5.26 Å². The lowest BCUT2D eigenvalue weighted by Crippen LogP contribution is -2.24. The van der Waals surface area contributed by atoms with Gasteiger partial charge in [0, 0.05) is 5.39 Å². The van der Waals surface area contributed by atoms with E-state index in [1.807, 2.05) is 97.1 Å². The molecule has 33 heavy (non-hydrogen) atoms. The van der Waals surface area contributed by atoms with Crippen molar-refractivity contribution in [2.24, 2.45) is 0 Å². The summed E-state index contributed by atoms with van der Waals surface area (Å²) >= 11 is 0. The number of nitriles is 1. The molecule has 0 aliphatic carbocycles. The van der Waals surface area contributed by atoms with Crippen LogP contribution in [0, 0.1) is 11.3 Å². The molecule has 5 rings (SSSR count). The van der Waals surface area contributed by atoms with Crippen LogP contribution in [0.2, 0.25) is 0 Å². The predicted octanol–water partition coefficient (Wildman–Crippen LogP) is 5.06. The van der Waals surface area contributed by atoms with Crippen molar-refractivity contribution in [3.8, 4) is 11.9 Å². The molecule has 0 aliphatic heterocycles. The van der Waals surface area contributed by atoms with Crippen molar-refractivity contribution in [2.45, 2.75) is 5.92 Å². The summed E-state index contributed by atoms with van der Waals surface area (Å²) in [6, 6.07) is 32.8. The molecule has 0 aliphatic rings. The molecule has 6 heteroatoms. The number of aromatic nitrogens is 3. The van der Waals surface area contributed by atoms with Gasteiger partial charge in [-0.3, -0.25) is 4.79 Å². The maximum Gasteiger partial charge on any atom is 0.237 e. The molecule has 0 spiro atoms. The van der Waals surface area contributed by atoms with Crippen molar-refractivity contribution in [3.05, 3.63) is 120 Å². The van der Waals surface area contributed by atoms with E-state index in [0.29, 0.717) is 11.6 Å². The second-order valence-corrected chi connectivity index (χ2v) is 7.54. The van der Waals surface area contributed by atoms with Gasteiger partial charge in [-0.15, -0.1) is 0 Å². The van der Waals surface area contributed by atoms with E-state index in [0.717, 1.165) is 22.0 Å². The third kappa shape index (κ3) is 3.95. The van der Waals surface area contributed by atoms with Crippen LogP contribution in [0.25, 0.3) is 16.7 Å². The number of nitrogens with zero attached hydrogens (tertiary/aromatic N) is 4. The average molecular weight is 429 g/mol. The number of amides is 1. The molecule has 6 nitrogen and oxygen atoms in total. The van der Waals surface area contributed by atoms with Crippen LogP contribution in [-0.2, 0) is 4.79 Å². The minimum atomic E-state index is -0.549. The molecule has 0 atom stereocenters. The second-order valence-electron chi connectivity index (χ2n) is 7.54. The van der Waals surface area contributed by atoms with Crippen LogP contribution < -0.4 is 5.32 Å². The minimum Gasteiger partial charge on any atom is -0.309 e. The molecule has 0 unspecified atom stereocenters. The summed E-state index contributed by atoms with van der Waals surface area (Å²) < 4.78 is 1.50. The first-order chi connectivity index (χ1) is 16.2. The Bertz CT molecular complexity index is 1430. The fraction of sp³-hybridized carbons (Fsp3) is 0.0370. The Hall–Kier alpha value is -4.76. The van der Waals surface area contributed by atoms with Gasteiger partial charge in [-0.1, -0.05) is 78.9 Å². The summed E-state index contributed by atoms with van der Waals surface area (Å²) in [5.74, 6) is 0.00177. The van der Waals surface area contributed by atoms with Crippen LogP contribution in [0.15, 0.2) is 103 Å². The molecule has 0 fully saturated rings. The van der Waals surface area contributed by atoms with Crippen LogP contribution >= 0.6 is 0 Å². The Kier molecular flexibility index (Phi) is 5.36. The lowest BCUT2D eigenvalue weighted by Gasteiger charge is -2.18. The fourth-order valence-electron chi connectivity index (χ4n) is 3.87. The molecule has 2 aromatic heterocycles. The van der Waals surface area contributed by atoms with Crippen LogP contribution in [0.5, 0.6) is 0 Å². The van der Waals surface area contributed by atoms with Crippen molar-refractivity contribution in [3.63, 3.8) is 0 Å². The van der Waals surface area contributed by atoms with Gasteiger partial charge in [0.1, 0.15) is 11.6 Å². The van der Waals surface area contributed by atoms with Gasteiger partial charge in [-0.2, -0.15) is 15.0 Å². The molecular formula is C27H19N5O. The molecule has 1 amide bonds. The van der Waals surface area contributed by atoms with E-state index in [4.69, 9.17) is 0 Å². The maximum atomic E-state index is 13.6. The number of hydrogen-bond donors (Lipinski definition) is 1. The molecule has 3 aromatic carbocycles. The predicted molar refractivity (Wildman–Crippen MR) is 127 cm³/mol. The average Bonchev–Trinajstić information content (AvgIpc) is 3.27. The Morgan fingerprint density at radius 3 is 2.15 bits per heavy atom. The van der Waals surface area contributed by atoms with Gasteiger partial charge in [0.15, 0.2) is 11.6 Å². The van der Waals surface area contributed by atoms with Gasteiger partial charge < -0.3 is 5.32 Å². The SMILES string of the molecule is N#Cc1cnn(-c2ccc3ccccc3n2)c1NC(=O)C(c1ccccc1)c1ccccc1. The third-order valence-electron chi connectivity index (χ3n) is 5.46. The quantitative estimate of drug-likeness (QED) is 0.423. The first-order valence-corrected chi connectivity index (χ1v) is 10.5. The Balaban J connectivity index is 1.56. The smallest absolute Gasteiger partial charge is 0.237 e. The van der Waals surface area contributed by atoms with E-state index in [2.05, 4.69) is 21.5 Å². The summed E-state index contributed by atoms with van der Waals surface area (Å²) in [4.78, 5) is 18.3. The number of benzene rings is 3. The summed E-state index contributed by atoms with van der Waals surface area (Å²) in [7, 11) is 0. The van der Waals surface area contributed by atoms with Crippen LogP contribution in [0.4, 0.5) is 5.82 Å². The van der Waals surface area contributed by atoms with Gasteiger partial charge >= 0.3 is 0 Å². The molecular weight excluding hydrogens is 410 g/mol. The highest BCUT2D eigenvalue weighted by atomic mass is 16.2. The van der Waals surface area contributed by atoms with Crippen molar-refractivity contribution in [1.82, 2.24) is 14.8 Å². The number of pyridine rings is 1. The van der Waals surface area contributed by atoms with Gasteiger partial charge in [-0.25, -0.2) is 4.98 Å². The van der Waals surface area contributed by atoms with Crippen molar-refractivity contribution in [2.75, 3.05) is 5.32 Å². The largest absolute Gasteiger partial charge is 0.309 e. The molecule has 2 heterocycles. The number of hydrogen-bond acceptors (Lipinski definition) is 4. The number of rotatable bonds is 5. The summed E-state index contributed by atoms with van der Waals surface area (Å²) in [5.41, 5.74) is 2.77. The van der Waals surface area contributed by atoms with Gasteiger partial charge in [-0.05, 0) is 29.3 Å². The zero-order valence-electron chi connectivity index (χ0n) is 17.6. The standard InChI is InChI=1S/C27H19N5O/c28-17-22-18-29-32(24-16-15-19-9-7-8-14-23(19)30-24)26(22)31-27(33)25(20-10-3-1-4-11-20)21-12-5-2-6-13-21/h1-16,18,25H,(H,31,33). The molecule has 158 valence electrons. The van der Waals surface area contributed by atoms with E-state index >= 15 is 0 Å². The van der Waals surface area contributed by atoms with E-state index in [1.165, 1.54) is 10.9 Å². The normalized spacial score (nSPS) is 10.8. The minimum absolute atomic E-state index is 0.258. The lowest BCUT2D eigenvalue weighted by molar-refractivity contribution is -0.116. The van der Waals surface area contributed by atoms with E-state index in [1.54, 1.807) is 0 Å². The van der Waals surface area contributed by atoms with Gasteiger partial charge in [0.05, 0.1) is 17.6 Å². The van der Waals surface area contributed by atoms with Gasteiger partial charge in [0.25, 0.3) is 0 Å². The third-order valence-corrected chi connectivity index (χ3v) is 5.46. The first-order valence-electron chi connectivity index (χ1n) is 10.5. The maximum absolute atomic E-state index is 13.6. The number of anilines is 1. The molecule has 1 N–H and O–H groups in total. The zero-order valence-corrected chi connectivity index (χ0v) is 17.6. The highest BCUT2D eigenvalue weighted by Crippen LogP contribution is 2.28. The van der Waals surface area contributed by atoms with Crippen LogP contribution in [-0.4, -0.2) is 20.7 Å². The molecule has 0 saturated carbocycles. The van der Waals surface area contributed by atoms with Crippen molar-refractivity contribution >= 4 is 22.6 Å². The second kappa shape index (κ2) is 8.77. The zero-order chi connectivity index (χ0) is 22.6. The number of carbonyl (C=O) groups is 1. The summed E-state index contributed by atoms with van der Waals surface area (Å²) in [6.45, 7) is 0. The number of para-hydroxylation sites is 1. The molecule has 5 aromatic rings. The number of carbonyl (C=O) groups excluding carboxylic acids is 1. The highest BCUT2D eigenvalue weighted by molar-refractivity contribution is 5.98. The molecule has 0 radical (unpaired) electrons. The van der Waals surface area contributed by atoms with Gasteiger partial charge in [0.2, 0.25) is 5.91 Å². The first kappa shape index (κ1) is 20.2. The van der Waals surface area contributed by atoms with E-state index in [-0.39, 0.29) is 11.5 Å². The topological polar surface area (TPSA) is 83.6 Å². The fourth-order valence-corrected chi connectivity index (χ4v) is 3.87. The number of nitrogens with one attached hydrogen (secondary N) is 1. The summed E-state index contributed by atoms with van der Waals surface area (Å²) in [5, 5.41) is 17.9. The Labute approximate surface area is 190 Å². The summed E-state index contributed by atoms with van der Waals surface area (Å²) in [6.07, 6.45) is 1.44.